The lowest BCUT2D eigenvalue weighted by Gasteiger charge is -2.34. The number of phenolic OH excluding ortho intramolecular Hbond substituents is 1. The Morgan fingerprint density at radius 2 is 1.77 bits per heavy atom. The molecule has 0 bridgehead atoms. The number of piperidine rings is 1. The van der Waals surface area contributed by atoms with Crippen molar-refractivity contribution in [1.82, 2.24) is 15.8 Å². The predicted octanol–water partition coefficient (Wildman–Crippen LogP) is 5.08. The second-order valence-corrected chi connectivity index (χ2v) is 11.3. The number of carbonyl (C=O) groups is 1. The molecule has 1 aromatic heterocycles. The lowest BCUT2D eigenvalue weighted by Crippen LogP contribution is -2.42. The highest BCUT2D eigenvalue weighted by molar-refractivity contribution is 5.90. The number of nitriles is 3. The van der Waals surface area contributed by atoms with Crippen molar-refractivity contribution in [1.29, 1.82) is 15.8 Å². The smallest absolute Gasteiger partial charge is 0.243 e. The van der Waals surface area contributed by atoms with E-state index in [1.54, 1.807) is 35.9 Å². The number of rotatable bonds is 10. The number of amides is 1. The number of aromatic hydroxyl groups is 1. The number of methoxy groups -OCH3 is 1. The summed E-state index contributed by atoms with van der Waals surface area (Å²) in [6, 6.07) is 21.0. The van der Waals surface area contributed by atoms with Crippen molar-refractivity contribution in [3.05, 3.63) is 94.4 Å². The van der Waals surface area contributed by atoms with Crippen LogP contribution in [0.25, 0.3) is 22.3 Å². The number of hydrogen-bond acceptors (Lipinski definition) is 10. The van der Waals surface area contributed by atoms with Crippen LogP contribution in [0.5, 0.6) is 11.5 Å². The van der Waals surface area contributed by atoms with Crippen LogP contribution in [0.15, 0.2) is 60.8 Å². The van der Waals surface area contributed by atoms with Gasteiger partial charge in [-0.25, -0.2) is 14.9 Å². The fourth-order valence-corrected chi connectivity index (χ4v) is 5.90. The molecule has 1 saturated heterocycles. The maximum atomic E-state index is 14.9. The van der Waals surface area contributed by atoms with Crippen LogP contribution in [0, 0.1) is 39.8 Å². The lowest BCUT2D eigenvalue weighted by atomic mass is 9.91. The molecule has 1 aliphatic rings. The topological polar surface area (TPSA) is 178 Å². The van der Waals surface area contributed by atoms with Gasteiger partial charge in [-0.3, -0.25) is 10.0 Å². The number of ether oxygens (including phenoxy) is 1. The Kier molecular flexibility index (Phi) is 10.5. The number of aryl methyl sites for hydroxylation is 1. The van der Waals surface area contributed by atoms with Crippen LogP contribution >= 0.6 is 0 Å². The average Bonchev–Trinajstić information content (AvgIpc) is 3.12. The molecule has 242 valence electrons. The van der Waals surface area contributed by atoms with Crippen LogP contribution in [-0.4, -0.2) is 47.4 Å². The Bertz CT molecular complexity index is 1970. The molecule has 0 atom stereocenters. The first kappa shape index (κ1) is 33.4. The minimum atomic E-state index is -0.710. The third kappa shape index (κ3) is 7.19. The van der Waals surface area contributed by atoms with Crippen LogP contribution < -0.4 is 20.4 Å². The van der Waals surface area contributed by atoms with Crippen LogP contribution in [-0.2, 0) is 17.8 Å². The van der Waals surface area contributed by atoms with Gasteiger partial charge in [0.2, 0.25) is 5.91 Å². The third-order valence-corrected chi connectivity index (χ3v) is 8.47. The number of anilines is 1. The highest BCUT2D eigenvalue weighted by Crippen LogP contribution is 2.41. The van der Waals surface area contributed by atoms with E-state index < -0.39 is 11.7 Å². The summed E-state index contributed by atoms with van der Waals surface area (Å²) in [6.45, 7) is 1.73. The van der Waals surface area contributed by atoms with E-state index in [1.807, 2.05) is 23.1 Å². The summed E-state index contributed by atoms with van der Waals surface area (Å²) < 4.78 is 20.0. The number of phenols is 1. The molecule has 0 unspecified atom stereocenters. The highest BCUT2D eigenvalue weighted by atomic mass is 19.1. The molecule has 4 aromatic rings. The number of hydroxylamine groups is 1. The van der Waals surface area contributed by atoms with Crippen molar-refractivity contribution in [2.45, 2.75) is 38.3 Å². The first-order valence-corrected chi connectivity index (χ1v) is 15.2. The Morgan fingerprint density at radius 1 is 1.02 bits per heavy atom. The normalized spacial score (nSPS) is 12.9. The zero-order valence-electron chi connectivity index (χ0n) is 26.1. The zero-order chi connectivity index (χ0) is 34.2. The number of pyridine rings is 1. The van der Waals surface area contributed by atoms with E-state index in [1.165, 1.54) is 25.3 Å². The van der Waals surface area contributed by atoms with Crippen molar-refractivity contribution in [3.8, 4) is 52.0 Å². The van der Waals surface area contributed by atoms with Gasteiger partial charge in [0.25, 0.3) is 0 Å². The number of nitrogens with one attached hydrogen (secondary N) is 2. The average molecular weight is 646 g/mol. The number of hydrogen-bond donors (Lipinski definition) is 4. The van der Waals surface area contributed by atoms with Crippen molar-refractivity contribution in [2.75, 3.05) is 25.1 Å². The predicted molar refractivity (Wildman–Crippen MR) is 174 cm³/mol. The molecule has 11 nitrogen and oxygen atoms in total. The van der Waals surface area contributed by atoms with Crippen LogP contribution in [0.1, 0.15) is 47.1 Å². The standard InChI is InChI=1S/C36H32FN7O4/c1-48-33-8-6-24(16-32(33)45)30-21-42-36(29(19-40)35(30)25-4-5-26(17-38)31(37)15-25)44-12-10-28(11-13-44)41-20-22-2-3-23(27(14-22)18-39)7-9-34(46)43-47/h2-6,8,14-16,21,28,41,45,47H,7,9-13,20H2,1H3,(H,43,46). The molecule has 2 heterocycles. The Morgan fingerprint density at radius 3 is 2.42 bits per heavy atom. The maximum absolute atomic E-state index is 14.9. The van der Waals surface area contributed by atoms with Gasteiger partial charge >= 0.3 is 0 Å². The first-order valence-electron chi connectivity index (χ1n) is 15.2. The summed E-state index contributed by atoms with van der Waals surface area (Å²) in [7, 11) is 1.44. The third-order valence-electron chi connectivity index (χ3n) is 8.47. The highest BCUT2D eigenvalue weighted by Gasteiger charge is 2.26. The van der Waals surface area contributed by atoms with Gasteiger partial charge in [0.1, 0.15) is 29.3 Å². The summed E-state index contributed by atoms with van der Waals surface area (Å²) in [5.41, 5.74) is 5.77. The monoisotopic (exact) mass is 645 g/mol. The number of carbonyl (C=O) groups excluding carboxylic acids is 1. The number of benzene rings is 3. The molecule has 1 fully saturated rings. The minimum Gasteiger partial charge on any atom is -0.504 e. The Hall–Kier alpha value is -6.00. The summed E-state index contributed by atoms with van der Waals surface area (Å²) in [5.74, 6) is -0.588. The fourth-order valence-electron chi connectivity index (χ4n) is 5.90. The molecular weight excluding hydrogens is 613 g/mol. The zero-order valence-corrected chi connectivity index (χ0v) is 26.1. The van der Waals surface area contributed by atoms with Crippen molar-refractivity contribution in [2.24, 2.45) is 0 Å². The second kappa shape index (κ2) is 15.1. The molecular formula is C36H32FN7O4. The molecule has 3 aromatic carbocycles. The van der Waals surface area contributed by atoms with E-state index in [2.05, 4.69) is 17.5 Å². The van der Waals surface area contributed by atoms with Crippen molar-refractivity contribution in [3.63, 3.8) is 0 Å². The molecule has 4 N–H and O–H groups in total. The minimum absolute atomic E-state index is 0.0728. The molecule has 0 spiro atoms. The molecule has 1 amide bonds. The van der Waals surface area contributed by atoms with E-state index in [9.17, 15) is 30.1 Å². The Labute approximate surface area is 277 Å². The van der Waals surface area contributed by atoms with E-state index in [-0.39, 0.29) is 35.1 Å². The van der Waals surface area contributed by atoms with Gasteiger partial charge in [-0.1, -0.05) is 24.3 Å². The SMILES string of the molecule is COc1ccc(-c2cnc(N3CCC(NCc4ccc(CCC(=O)NO)c(C#N)c4)CC3)c(C#N)c2-c2ccc(C#N)c(F)c2)cc1O. The van der Waals surface area contributed by atoms with E-state index in [4.69, 9.17) is 14.9 Å². The molecule has 0 radical (unpaired) electrons. The van der Waals surface area contributed by atoms with Crippen LogP contribution in [0.2, 0.25) is 0 Å². The van der Waals surface area contributed by atoms with Gasteiger partial charge in [0, 0.05) is 49.4 Å². The first-order chi connectivity index (χ1) is 23.3. The van der Waals surface area contributed by atoms with E-state index >= 15 is 0 Å². The maximum Gasteiger partial charge on any atom is 0.243 e. The fraction of sp³-hybridized carbons (Fsp3) is 0.250. The van der Waals surface area contributed by atoms with Gasteiger partial charge < -0.3 is 20.1 Å². The van der Waals surface area contributed by atoms with Gasteiger partial charge in [0.15, 0.2) is 11.5 Å². The van der Waals surface area contributed by atoms with Gasteiger partial charge in [-0.15, -0.1) is 0 Å². The number of aromatic nitrogens is 1. The van der Waals surface area contributed by atoms with Crippen LogP contribution in [0.4, 0.5) is 10.2 Å². The summed E-state index contributed by atoms with van der Waals surface area (Å²) in [6.07, 6.45) is 3.52. The quantitative estimate of drug-likeness (QED) is 0.134. The second-order valence-electron chi connectivity index (χ2n) is 11.3. The molecule has 1 aliphatic heterocycles. The van der Waals surface area contributed by atoms with Gasteiger partial charge in [0.05, 0.1) is 24.3 Å². The molecule has 0 saturated carbocycles. The number of halogens is 1. The van der Waals surface area contributed by atoms with Gasteiger partial charge in [-0.05, 0) is 71.8 Å². The summed E-state index contributed by atoms with van der Waals surface area (Å²) in [4.78, 5) is 18.1. The van der Waals surface area contributed by atoms with E-state index in [0.29, 0.717) is 59.7 Å². The molecule has 5 rings (SSSR count). The summed E-state index contributed by atoms with van der Waals surface area (Å²) >= 11 is 0. The number of nitrogens with zero attached hydrogens (tertiary/aromatic N) is 5. The van der Waals surface area contributed by atoms with Crippen LogP contribution in [0.3, 0.4) is 0 Å². The van der Waals surface area contributed by atoms with Crippen molar-refractivity contribution >= 4 is 11.7 Å². The Balaban J connectivity index is 1.36. The largest absolute Gasteiger partial charge is 0.504 e. The van der Waals surface area contributed by atoms with Crippen molar-refractivity contribution < 1.29 is 24.2 Å². The molecule has 0 aliphatic carbocycles. The molecule has 12 heteroatoms. The summed E-state index contributed by atoms with van der Waals surface area (Å²) in [5, 5.41) is 52.1. The van der Waals surface area contributed by atoms with Gasteiger partial charge in [-0.2, -0.15) is 15.8 Å². The molecule has 48 heavy (non-hydrogen) atoms. The van der Waals surface area contributed by atoms with E-state index in [0.717, 1.165) is 24.0 Å². The lowest BCUT2D eigenvalue weighted by molar-refractivity contribution is -0.129.